The normalized spacial score (nSPS) is 15.9. The minimum Gasteiger partial charge on any atom is -0.493 e. The van der Waals surface area contributed by atoms with Gasteiger partial charge in [0.2, 0.25) is 5.88 Å². The van der Waals surface area contributed by atoms with Crippen LogP contribution in [-0.4, -0.2) is 64.6 Å². The zero-order valence-corrected chi connectivity index (χ0v) is 17.6. The highest BCUT2D eigenvalue weighted by Gasteiger charge is 2.27. The Balaban J connectivity index is 1.37. The van der Waals surface area contributed by atoms with Crippen molar-refractivity contribution in [2.75, 3.05) is 38.3 Å². The highest BCUT2D eigenvalue weighted by molar-refractivity contribution is 5.92. The smallest absolute Gasteiger partial charge is 0.233 e. The van der Waals surface area contributed by atoms with Gasteiger partial charge in [0, 0.05) is 24.4 Å². The maximum atomic E-state index is 9.06. The van der Waals surface area contributed by atoms with Crippen molar-refractivity contribution in [2.45, 2.75) is 12.5 Å². The van der Waals surface area contributed by atoms with Crippen LogP contribution < -0.4 is 19.1 Å². The summed E-state index contributed by atoms with van der Waals surface area (Å²) in [6.07, 6.45) is 4.03. The summed E-state index contributed by atoms with van der Waals surface area (Å²) < 4.78 is 17.2. The first-order chi connectivity index (χ1) is 15.7. The third-order valence-corrected chi connectivity index (χ3v) is 5.41. The summed E-state index contributed by atoms with van der Waals surface area (Å²) in [5.74, 6) is 2.45. The minimum absolute atomic E-state index is 0.0236. The molecule has 9 nitrogen and oxygen atoms in total. The Morgan fingerprint density at radius 2 is 1.94 bits per heavy atom. The van der Waals surface area contributed by atoms with Crippen LogP contribution in [0.3, 0.4) is 0 Å². The molecule has 9 heteroatoms. The van der Waals surface area contributed by atoms with E-state index < -0.39 is 0 Å². The van der Waals surface area contributed by atoms with Gasteiger partial charge in [-0.15, -0.1) is 0 Å². The Morgan fingerprint density at radius 3 is 2.78 bits per heavy atom. The molecule has 1 aliphatic rings. The minimum atomic E-state index is -0.0764. The molecule has 0 aliphatic carbocycles. The van der Waals surface area contributed by atoms with Crippen LogP contribution >= 0.6 is 0 Å². The van der Waals surface area contributed by atoms with Gasteiger partial charge in [0.15, 0.2) is 11.5 Å². The van der Waals surface area contributed by atoms with E-state index >= 15 is 0 Å². The van der Waals surface area contributed by atoms with Gasteiger partial charge in [0.25, 0.3) is 0 Å². The lowest BCUT2D eigenvalue weighted by Crippen LogP contribution is -2.25. The van der Waals surface area contributed by atoms with E-state index in [4.69, 9.17) is 19.3 Å². The Labute approximate surface area is 184 Å². The largest absolute Gasteiger partial charge is 0.493 e. The van der Waals surface area contributed by atoms with E-state index in [9.17, 15) is 0 Å². The summed E-state index contributed by atoms with van der Waals surface area (Å²) in [7, 11) is 1.58. The van der Waals surface area contributed by atoms with Crippen LogP contribution in [0.25, 0.3) is 21.9 Å². The van der Waals surface area contributed by atoms with Gasteiger partial charge in [0.05, 0.1) is 43.0 Å². The second kappa shape index (κ2) is 8.80. The molecule has 2 aromatic heterocycles. The molecule has 1 saturated heterocycles. The fourth-order valence-corrected chi connectivity index (χ4v) is 3.91. The molecular weight excluding hydrogens is 410 g/mol. The number of hydrogen-bond acceptors (Lipinski definition) is 9. The molecule has 32 heavy (non-hydrogen) atoms. The molecule has 1 aliphatic heterocycles. The first-order valence-electron chi connectivity index (χ1n) is 10.4. The second-order valence-corrected chi connectivity index (χ2v) is 7.46. The average molecular weight is 433 g/mol. The first-order valence-corrected chi connectivity index (χ1v) is 10.4. The van der Waals surface area contributed by atoms with E-state index in [1.165, 1.54) is 0 Å². The summed E-state index contributed by atoms with van der Waals surface area (Å²) in [6, 6.07) is 11.4. The van der Waals surface area contributed by atoms with Gasteiger partial charge >= 0.3 is 0 Å². The zero-order valence-electron chi connectivity index (χ0n) is 17.6. The van der Waals surface area contributed by atoms with E-state index in [2.05, 4.69) is 24.8 Å². The van der Waals surface area contributed by atoms with Crippen LogP contribution in [0.2, 0.25) is 0 Å². The molecule has 1 atom stereocenters. The number of benzene rings is 2. The van der Waals surface area contributed by atoms with E-state index in [-0.39, 0.29) is 19.3 Å². The topological polar surface area (TPSA) is 103 Å². The summed E-state index contributed by atoms with van der Waals surface area (Å²) in [6.45, 7) is 1.57. The van der Waals surface area contributed by atoms with Gasteiger partial charge in [-0.25, -0.2) is 19.9 Å². The molecule has 0 unspecified atom stereocenters. The van der Waals surface area contributed by atoms with E-state index in [1.807, 2.05) is 36.4 Å². The van der Waals surface area contributed by atoms with Crippen molar-refractivity contribution in [3.8, 4) is 17.4 Å². The average Bonchev–Trinajstić information content (AvgIpc) is 3.29. The standard InChI is InChI=1S/C23H23N5O4/c1-30-20-10-16-19(11-21(20)31-9-8-29)25-14-26-23(16)28-7-6-15(13-28)32-22-12-24-17-4-2-3-5-18(17)27-22/h2-5,10-12,14-15,29H,6-9,13H2,1H3/t15-/m1/s1. The number of fused-ring (bicyclic) bond motifs is 2. The lowest BCUT2D eigenvalue weighted by atomic mass is 10.2. The summed E-state index contributed by atoms with van der Waals surface area (Å²) in [4.78, 5) is 20.1. The molecular formula is C23H23N5O4. The van der Waals surface area contributed by atoms with Crippen molar-refractivity contribution in [2.24, 2.45) is 0 Å². The summed E-state index contributed by atoms with van der Waals surface area (Å²) >= 11 is 0. The quantitative estimate of drug-likeness (QED) is 0.471. The van der Waals surface area contributed by atoms with Crippen LogP contribution in [0.15, 0.2) is 48.9 Å². The van der Waals surface area contributed by atoms with Crippen LogP contribution in [0.5, 0.6) is 17.4 Å². The number of aliphatic hydroxyl groups is 1. The Bertz CT molecular complexity index is 1250. The number of rotatable bonds is 7. The van der Waals surface area contributed by atoms with Gasteiger partial charge < -0.3 is 24.2 Å². The number of nitrogens with zero attached hydrogens (tertiary/aromatic N) is 5. The fourth-order valence-electron chi connectivity index (χ4n) is 3.91. The lowest BCUT2D eigenvalue weighted by molar-refractivity contribution is 0.196. The van der Waals surface area contributed by atoms with Crippen LogP contribution in [0.4, 0.5) is 5.82 Å². The molecule has 164 valence electrons. The number of aromatic nitrogens is 4. The zero-order chi connectivity index (χ0) is 21.9. The SMILES string of the molecule is COc1cc2c(N3CC[C@@H](Oc4cnc5ccccc5n4)C3)ncnc2cc1OCCO. The van der Waals surface area contributed by atoms with Crippen LogP contribution in [-0.2, 0) is 0 Å². The Hall–Kier alpha value is -3.72. The van der Waals surface area contributed by atoms with Crippen LogP contribution in [0.1, 0.15) is 6.42 Å². The molecule has 0 bridgehead atoms. The molecule has 5 rings (SSSR count). The van der Waals surface area contributed by atoms with Crippen molar-refractivity contribution < 1.29 is 19.3 Å². The monoisotopic (exact) mass is 433 g/mol. The van der Waals surface area contributed by atoms with E-state index in [0.29, 0.717) is 23.9 Å². The van der Waals surface area contributed by atoms with Gasteiger partial charge in [-0.2, -0.15) is 0 Å². The van der Waals surface area contributed by atoms with Crippen molar-refractivity contribution >= 4 is 27.8 Å². The third kappa shape index (κ3) is 3.94. The van der Waals surface area contributed by atoms with Crippen molar-refractivity contribution in [3.63, 3.8) is 0 Å². The number of para-hydroxylation sites is 2. The van der Waals surface area contributed by atoms with E-state index in [1.54, 1.807) is 19.6 Å². The summed E-state index contributed by atoms with van der Waals surface area (Å²) in [5.41, 5.74) is 2.40. The lowest BCUT2D eigenvalue weighted by Gasteiger charge is -2.20. The molecule has 0 radical (unpaired) electrons. The number of ether oxygens (including phenoxy) is 3. The Kier molecular flexibility index (Phi) is 5.55. The fraction of sp³-hybridized carbons (Fsp3) is 0.304. The van der Waals surface area contributed by atoms with Crippen molar-refractivity contribution in [1.82, 2.24) is 19.9 Å². The van der Waals surface area contributed by atoms with Crippen molar-refractivity contribution in [1.29, 1.82) is 0 Å². The number of aliphatic hydroxyl groups excluding tert-OH is 1. The maximum Gasteiger partial charge on any atom is 0.233 e. The Morgan fingerprint density at radius 1 is 1.06 bits per heavy atom. The molecule has 1 fully saturated rings. The molecule has 0 saturated carbocycles. The molecule has 2 aromatic carbocycles. The molecule has 0 spiro atoms. The summed E-state index contributed by atoms with van der Waals surface area (Å²) in [5, 5.41) is 9.92. The number of anilines is 1. The molecule has 0 amide bonds. The molecule has 4 aromatic rings. The third-order valence-electron chi connectivity index (χ3n) is 5.41. The number of hydrogen-bond donors (Lipinski definition) is 1. The van der Waals surface area contributed by atoms with Crippen LogP contribution in [0, 0.1) is 0 Å². The molecule has 1 N–H and O–H groups in total. The second-order valence-electron chi connectivity index (χ2n) is 7.46. The first kappa shape index (κ1) is 20.2. The van der Waals surface area contributed by atoms with Gasteiger partial charge in [-0.1, -0.05) is 12.1 Å². The number of methoxy groups -OCH3 is 1. The van der Waals surface area contributed by atoms with Gasteiger partial charge in [0.1, 0.15) is 24.9 Å². The predicted octanol–water partition coefficient (Wildman–Crippen LogP) is 2.61. The maximum absolute atomic E-state index is 9.06. The highest BCUT2D eigenvalue weighted by atomic mass is 16.5. The van der Waals surface area contributed by atoms with Gasteiger partial charge in [-0.05, 0) is 18.2 Å². The molecule has 3 heterocycles. The van der Waals surface area contributed by atoms with Gasteiger partial charge in [-0.3, -0.25) is 0 Å². The predicted molar refractivity (Wildman–Crippen MR) is 119 cm³/mol. The van der Waals surface area contributed by atoms with E-state index in [0.717, 1.165) is 40.7 Å². The highest BCUT2D eigenvalue weighted by Crippen LogP contribution is 2.36. The van der Waals surface area contributed by atoms with Crippen molar-refractivity contribution in [3.05, 3.63) is 48.9 Å².